The van der Waals surface area contributed by atoms with E-state index >= 15 is 0 Å². The third kappa shape index (κ3) is 5.82. The molecule has 10 aromatic rings. The fourth-order valence-corrected chi connectivity index (χ4v) is 10.6. The number of nitrogens with zero attached hydrogens (tertiary/aromatic N) is 1. The maximum Gasteiger partial charge on any atom is 0.0555 e. The van der Waals surface area contributed by atoms with Gasteiger partial charge in [0, 0.05) is 36.8 Å². The Labute approximate surface area is 350 Å². The van der Waals surface area contributed by atoms with Crippen molar-refractivity contribution in [2.75, 3.05) is 4.90 Å². The van der Waals surface area contributed by atoms with Crippen molar-refractivity contribution in [1.82, 2.24) is 0 Å². The van der Waals surface area contributed by atoms with Gasteiger partial charge in [-0.25, -0.2) is 0 Å². The molecule has 0 atom stereocenters. The molecule has 11 rings (SSSR count). The first-order valence-electron chi connectivity index (χ1n) is 20.4. The Hall–Kier alpha value is -7.00. The third-order valence-electron chi connectivity index (χ3n) is 12.3. The summed E-state index contributed by atoms with van der Waals surface area (Å²) in [6, 6.07) is 78.2. The molecular formula is C57H41NS. The molecule has 0 unspecified atom stereocenters. The van der Waals surface area contributed by atoms with E-state index in [2.05, 4.69) is 231 Å². The summed E-state index contributed by atoms with van der Waals surface area (Å²) in [6.45, 7) is 4.70. The van der Waals surface area contributed by atoms with Crippen molar-refractivity contribution in [2.45, 2.75) is 19.3 Å². The molecule has 0 saturated heterocycles. The normalized spacial score (nSPS) is 12.7. The van der Waals surface area contributed by atoms with Gasteiger partial charge in [0.1, 0.15) is 0 Å². The van der Waals surface area contributed by atoms with Gasteiger partial charge in [-0.2, -0.15) is 0 Å². The van der Waals surface area contributed by atoms with E-state index in [4.69, 9.17) is 0 Å². The molecule has 0 amide bonds. The summed E-state index contributed by atoms with van der Waals surface area (Å²) >= 11 is 1.86. The minimum absolute atomic E-state index is 0.0404. The Bertz CT molecular complexity index is 3190. The van der Waals surface area contributed by atoms with Crippen LogP contribution < -0.4 is 4.90 Å². The van der Waals surface area contributed by atoms with Gasteiger partial charge in [-0.1, -0.05) is 184 Å². The second-order valence-corrected chi connectivity index (χ2v) is 17.1. The Kier molecular flexibility index (Phi) is 8.43. The van der Waals surface area contributed by atoms with Gasteiger partial charge in [0.15, 0.2) is 0 Å². The van der Waals surface area contributed by atoms with Crippen molar-refractivity contribution in [3.8, 4) is 55.6 Å². The fraction of sp³-hybridized carbons (Fsp3) is 0.0526. The molecule has 59 heavy (non-hydrogen) atoms. The van der Waals surface area contributed by atoms with E-state index in [1.165, 1.54) is 86.9 Å². The molecule has 280 valence electrons. The molecule has 1 aliphatic rings. The summed E-state index contributed by atoms with van der Waals surface area (Å²) in [5.41, 5.74) is 18.3. The highest BCUT2D eigenvalue weighted by Gasteiger charge is 2.35. The molecule has 2 heteroatoms. The molecule has 0 spiro atoms. The highest BCUT2D eigenvalue weighted by atomic mass is 32.1. The second-order valence-electron chi connectivity index (χ2n) is 16.0. The van der Waals surface area contributed by atoms with Gasteiger partial charge < -0.3 is 4.90 Å². The smallest absolute Gasteiger partial charge is 0.0555 e. The lowest BCUT2D eigenvalue weighted by Crippen LogP contribution is -2.14. The molecule has 1 aromatic heterocycles. The summed E-state index contributed by atoms with van der Waals surface area (Å²) in [5, 5.41) is 2.54. The van der Waals surface area contributed by atoms with Gasteiger partial charge in [-0.15, -0.1) is 11.3 Å². The van der Waals surface area contributed by atoms with Gasteiger partial charge in [-0.05, 0) is 104 Å². The van der Waals surface area contributed by atoms with Crippen molar-refractivity contribution in [1.29, 1.82) is 0 Å². The number of fused-ring (bicyclic) bond motifs is 6. The SMILES string of the molecule is CC1(C)c2ccccc2-c2cc(-c3cccc(N(c4cccc(-c5ccccc5)c4-c4ccccc4-c4ccccc4)c4cccc5sc6ccccc6c45)c3)ccc21. The maximum absolute atomic E-state index is 2.53. The molecule has 9 aromatic carbocycles. The molecule has 1 heterocycles. The Morgan fingerprint density at radius 2 is 0.932 bits per heavy atom. The molecule has 0 N–H and O–H groups in total. The van der Waals surface area contributed by atoms with Gasteiger partial charge in [0.25, 0.3) is 0 Å². The highest BCUT2D eigenvalue weighted by molar-refractivity contribution is 7.26. The van der Waals surface area contributed by atoms with Gasteiger partial charge in [-0.3, -0.25) is 0 Å². The lowest BCUT2D eigenvalue weighted by molar-refractivity contribution is 0.660. The zero-order valence-corrected chi connectivity index (χ0v) is 33.9. The van der Waals surface area contributed by atoms with Crippen LogP contribution in [0.25, 0.3) is 75.8 Å². The zero-order chi connectivity index (χ0) is 39.5. The molecular weight excluding hydrogens is 731 g/mol. The second kappa shape index (κ2) is 14.1. The average Bonchev–Trinajstić information content (AvgIpc) is 3.79. The van der Waals surface area contributed by atoms with Crippen molar-refractivity contribution < 1.29 is 0 Å². The largest absolute Gasteiger partial charge is 0.309 e. The lowest BCUT2D eigenvalue weighted by atomic mass is 9.82. The van der Waals surface area contributed by atoms with Crippen LogP contribution in [0, 0.1) is 0 Å². The van der Waals surface area contributed by atoms with Gasteiger partial charge >= 0.3 is 0 Å². The van der Waals surface area contributed by atoms with E-state index in [-0.39, 0.29) is 5.41 Å². The minimum atomic E-state index is -0.0404. The van der Waals surface area contributed by atoms with Crippen LogP contribution >= 0.6 is 11.3 Å². The van der Waals surface area contributed by atoms with E-state index in [1.807, 2.05) is 11.3 Å². The Balaban J connectivity index is 1.20. The van der Waals surface area contributed by atoms with Crippen LogP contribution in [-0.2, 0) is 5.41 Å². The van der Waals surface area contributed by atoms with Gasteiger partial charge in [0.05, 0.1) is 11.4 Å². The first-order chi connectivity index (χ1) is 29.0. The number of hydrogen-bond donors (Lipinski definition) is 0. The van der Waals surface area contributed by atoms with Crippen LogP contribution in [0.3, 0.4) is 0 Å². The first kappa shape index (κ1) is 35.2. The summed E-state index contributed by atoms with van der Waals surface area (Å²) in [4.78, 5) is 2.53. The van der Waals surface area contributed by atoms with Gasteiger partial charge in [0.2, 0.25) is 0 Å². The maximum atomic E-state index is 2.53. The zero-order valence-electron chi connectivity index (χ0n) is 33.1. The third-order valence-corrected chi connectivity index (χ3v) is 13.4. The van der Waals surface area contributed by atoms with Crippen molar-refractivity contribution >= 4 is 48.6 Å². The quantitative estimate of drug-likeness (QED) is 0.156. The van der Waals surface area contributed by atoms with E-state index in [0.717, 1.165) is 17.1 Å². The van der Waals surface area contributed by atoms with Crippen molar-refractivity contribution in [2.24, 2.45) is 0 Å². The molecule has 0 radical (unpaired) electrons. The topological polar surface area (TPSA) is 3.24 Å². The Morgan fingerprint density at radius 3 is 1.75 bits per heavy atom. The predicted octanol–water partition coefficient (Wildman–Crippen LogP) is 16.5. The molecule has 1 nitrogen and oxygen atoms in total. The molecule has 0 saturated carbocycles. The monoisotopic (exact) mass is 771 g/mol. The number of benzene rings is 9. The van der Waals surface area contributed by atoms with Crippen molar-refractivity contribution in [3.05, 3.63) is 223 Å². The number of rotatable bonds is 7. The van der Waals surface area contributed by atoms with E-state index in [0.29, 0.717) is 0 Å². The van der Waals surface area contributed by atoms with Crippen LogP contribution in [0.2, 0.25) is 0 Å². The average molecular weight is 772 g/mol. The number of anilines is 3. The van der Waals surface area contributed by atoms with Crippen LogP contribution in [0.5, 0.6) is 0 Å². The summed E-state index contributed by atoms with van der Waals surface area (Å²) in [5.74, 6) is 0. The molecule has 0 aliphatic heterocycles. The number of thiophene rings is 1. The van der Waals surface area contributed by atoms with Crippen LogP contribution in [0.4, 0.5) is 17.1 Å². The highest BCUT2D eigenvalue weighted by Crippen LogP contribution is 2.52. The summed E-state index contributed by atoms with van der Waals surface area (Å²) < 4.78 is 2.56. The van der Waals surface area contributed by atoms with E-state index < -0.39 is 0 Å². The fourth-order valence-electron chi connectivity index (χ4n) is 9.51. The minimum Gasteiger partial charge on any atom is -0.309 e. The van der Waals surface area contributed by atoms with Crippen LogP contribution in [-0.4, -0.2) is 0 Å². The van der Waals surface area contributed by atoms with Crippen LogP contribution in [0.15, 0.2) is 212 Å². The lowest BCUT2D eigenvalue weighted by Gasteiger charge is -2.31. The number of hydrogen-bond acceptors (Lipinski definition) is 2. The Morgan fingerprint density at radius 1 is 0.373 bits per heavy atom. The summed E-state index contributed by atoms with van der Waals surface area (Å²) in [7, 11) is 0. The molecule has 1 aliphatic carbocycles. The molecule has 0 fully saturated rings. The first-order valence-corrected chi connectivity index (χ1v) is 21.2. The van der Waals surface area contributed by atoms with Crippen LogP contribution in [0.1, 0.15) is 25.0 Å². The molecule has 0 bridgehead atoms. The van der Waals surface area contributed by atoms with E-state index in [9.17, 15) is 0 Å². The standard InChI is InChI=1S/C57H41NS/c1-57(2)49-29-13-11-25-45(49)48-37-41(34-35-50(48)57)40-22-15-23-42(36-40)58(52-31-17-33-54-56(52)47-27-12-14-32-53(47)59-54)51-30-16-28-44(39-20-7-4-8-21-39)55(51)46-26-10-9-24-43(46)38-18-5-3-6-19-38/h3-37H,1-2H3. The van der Waals surface area contributed by atoms with Crippen molar-refractivity contribution in [3.63, 3.8) is 0 Å². The summed E-state index contributed by atoms with van der Waals surface area (Å²) in [6.07, 6.45) is 0. The predicted molar refractivity (Wildman–Crippen MR) is 253 cm³/mol. The van der Waals surface area contributed by atoms with E-state index in [1.54, 1.807) is 0 Å².